The van der Waals surface area contributed by atoms with Crippen molar-refractivity contribution < 1.29 is 9.47 Å². The molecule has 0 radical (unpaired) electrons. The fourth-order valence-corrected chi connectivity index (χ4v) is 5.10. The van der Waals surface area contributed by atoms with Gasteiger partial charge in [-0.05, 0) is 67.8 Å². The lowest BCUT2D eigenvalue weighted by Crippen LogP contribution is -2.45. The number of methoxy groups -OCH3 is 1. The quantitative estimate of drug-likeness (QED) is 0.352. The molecule has 0 spiro atoms. The maximum atomic E-state index is 9.13. The number of benzene rings is 3. The predicted octanol–water partition coefficient (Wildman–Crippen LogP) is 6.37. The Morgan fingerprint density at radius 2 is 1.71 bits per heavy atom. The van der Waals surface area contributed by atoms with Crippen molar-refractivity contribution in [2.45, 2.75) is 33.0 Å². The molecule has 3 aromatic carbocycles. The van der Waals surface area contributed by atoms with Crippen LogP contribution in [0.3, 0.4) is 0 Å². The van der Waals surface area contributed by atoms with Gasteiger partial charge in [-0.15, -0.1) is 0 Å². The highest BCUT2D eigenvalue weighted by Gasteiger charge is 2.23. The Hall–Kier alpha value is -3.88. The number of nitriles is 1. The molecule has 5 nitrogen and oxygen atoms in total. The van der Waals surface area contributed by atoms with E-state index in [1.54, 1.807) is 7.11 Å². The Bertz CT molecular complexity index is 1410. The van der Waals surface area contributed by atoms with Crippen molar-refractivity contribution in [1.82, 2.24) is 4.98 Å². The van der Waals surface area contributed by atoms with Crippen LogP contribution in [0.2, 0.25) is 0 Å². The van der Waals surface area contributed by atoms with Crippen LogP contribution in [-0.4, -0.2) is 37.4 Å². The van der Waals surface area contributed by atoms with Gasteiger partial charge in [-0.1, -0.05) is 30.3 Å². The number of aryl methyl sites for hydroxylation is 1. The molecule has 0 aliphatic carbocycles. The topological polar surface area (TPSA) is 58.4 Å². The zero-order valence-electron chi connectivity index (χ0n) is 20.6. The number of hydrogen-bond acceptors (Lipinski definition) is 5. The molecule has 35 heavy (non-hydrogen) atoms. The molecule has 0 N–H and O–H groups in total. The zero-order valence-corrected chi connectivity index (χ0v) is 20.6. The first-order chi connectivity index (χ1) is 17.0. The fourth-order valence-electron chi connectivity index (χ4n) is 5.10. The van der Waals surface area contributed by atoms with E-state index in [4.69, 9.17) is 19.7 Å². The number of rotatable bonds is 4. The number of pyridine rings is 1. The third kappa shape index (κ3) is 4.34. The molecular formula is C30H29N3O2. The van der Waals surface area contributed by atoms with E-state index in [9.17, 15) is 0 Å². The van der Waals surface area contributed by atoms with Crippen LogP contribution < -0.4 is 9.64 Å². The van der Waals surface area contributed by atoms with Crippen LogP contribution in [-0.2, 0) is 4.74 Å². The summed E-state index contributed by atoms with van der Waals surface area (Å²) in [6, 6.07) is 22.5. The van der Waals surface area contributed by atoms with E-state index in [1.165, 1.54) is 11.3 Å². The van der Waals surface area contributed by atoms with Crippen molar-refractivity contribution in [2.75, 3.05) is 25.1 Å². The van der Waals surface area contributed by atoms with Gasteiger partial charge in [0.05, 0.1) is 36.5 Å². The fraction of sp³-hybridized carbons (Fsp3) is 0.267. The lowest BCUT2D eigenvalue weighted by atomic mass is 9.96. The largest absolute Gasteiger partial charge is 0.495 e. The first kappa shape index (κ1) is 22.9. The molecule has 0 bridgehead atoms. The summed E-state index contributed by atoms with van der Waals surface area (Å²) in [7, 11) is 1.72. The van der Waals surface area contributed by atoms with E-state index in [0.717, 1.165) is 52.0 Å². The van der Waals surface area contributed by atoms with Gasteiger partial charge in [0.15, 0.2) is 0 Å². The van der Waals surface area contributed by atoms with E-state index >= 15 is 0 Å². The Labute approximate surface area is 206 Å². The summed E-state index contributed by atoms with van der Waals surface area (Å²) in [5.74, 6) is 0.815. The molecular weight excluding hydrogens is 434 g/mol. The SMILES string of the molecule is COc1c(-c2ccc(N3CC(C)OC(C)C3)cc2C)cnc2c(-c3ccc(C#N)cc3)cccc12. The van der Waals surface area contributed by atoms with Crippen molar-refractivity contribution in [2.24, 2.45) is 0 Å². The summed E-state index contributed by atoms with van der Waals surface area (Å²) in [4.78, 5) is 7.28. The Balaban J connectivity index is 1.56. The van der Waals surface area contributed by atoms with Crippen LogP contribution in [0.1, 0.15) is 25.0 Å². The maximum Gasteiger partial charge on any atom is 0.137 e. The van der Waals surface area contributed by atoms with Gasteiger partial charge in [-0.2, -0.15) is 5.26 Å². The summed E-state index contributed by atoms with van der Waals surface area (Å²) in [6.07, 6.45) is 2.34. The molecule has 1 aliphatic heterocycles. The minimum Gasteiger partial charge on any atom is -0.495 e. The number of morpholine rings is 1. The first-order valence-corrected chi connectivity index (χ1v) is 12.0. The second-order valence-corrected chi connectivity index (χ2v) is 9.26. The van der Waals surface area contributed by atoms with Gasteiger partial charge in [0.1, 0.15) is 5.75 Å². The molecule has 0 saturated carbocycles. The van der Waals surface area contributed by atoms with Gasteiger partial charge in [0, 0.05) is 41.5 Å². The van der Waals surface area contributed by atoms with Gasteiger partial charge in [0.25, 0.3) is 0 Å². The molecule has 0 amide bonds. The van der Waals surface area contributed by atoms with E-state index in [-0.39, 0.29) is 12.2 Å². The predicted molar refractivity (Wildman–Crippen MR) is 141 cm³/mol. The molecule has 1 fully saturated rings. The van der Waals surface area contributed by atoms with Gasteiger partial charge in [0.2, 0.25) is 0 Å². The van der Waals surface area contributed by atoms with Crippen LogP contribution in [0.5, 0.6) is 5.75 Å². The zero-order chi connectivity index (χ0) is 24.5. The number of anilines is 1. The minimum absolute atomic E-state index is 0.216. The van der Waals surface area contributed by atoms with Crippen molar-refractivity contribution in [1.29, 1.82) is 5.26 Å². The van der Waals surface area contributed by atoms with Crippen LogP contribution in [0.25, 0.3) is 33.2 Å². The third-order valence-electron chi connectivity index (χ3n) is 6.66. The van der Waals surface area contributed by atoms with Crippen molar-refractivity contribution in [3.8, 4) is 34.1 Å². The first-order valence-electron chi connectivity index (χ1n) is 12.0. The number of aromatic nitrogens is 1. The van der Waals surface area contributed by atoms with Crippen LogP contribution in [0, 0.1) is 18.3 Å². The summed E-state index contributed by atoms with van der Waals surface area (Å²) in [5, 5.41) is 10.1. The molecule has 5 rings (SSSR count). The summed E-state index contributed by atoms with van der Waals surface area (Å²) in [6.45, 7) is 8.18. The van der Waals surface area contributed by atoms with Crippen molar-refractivity contribution >= 4 is 16.6 Å². The highest BCUT2D eigenvalue weighted by Crippen LogP contribution is 2.40. The third-order valence-corrected chi connectivity index (χ3v) is 6.66. The van der Waals surface area contributed by atoms with Crippen LogP contribution >= 0.6 is 0 Å². The highest BCUT2D eigenvalue weighted by molar-refractivity contribution is 6.00. The van der Waals surface area contributed by atoms with Gasteiger partial charge >= 0.3 is 0 Å². The Morgan fingerprint density at radius 3 is 2.37 bits per heavy atom. The Kier molecular flexibility index (Phi) is 6.15. The molecule has 1 aromatic heterocycles. The monoisotopic (exact) mass is 463 g/mol. The molecule has 5 heteroatoms. The second kappa shape index (κ2) is 9.40. The van der Waals surface area contributed by atoms with Gasteiger partial charge < -0.3 is 14.4 Å². The molecule has 176 valence electrons. The van der Waals surface area contributed by atoms with E-state index in [2.05, 4.69) is 62.1 Å². The van der Waals surface area contributed by atoms with Crippen molar-refractivity contribution in [3.63, 3.8) is 0 Å². The number of ether oxygens (including phenoxy) is 2. The van der Waals surface area contributed by atoms with E-state index < -0.39 is 0 Å². The number of fused-ring (bicyclic) bond motifs is 1. The maximum absolute atomic E-state index is 9.13. The highest BCUT2D eigenvalue weighted by atomic mass is 16.5. The van der Waals surface area contributed by atoms with Gasteiger partial charge in [-0.25, -0.2) is 0 Å². The summed E-state index contributed by atoms with van der Waals surface area (Å²) >= 11 is 0. The van der Waals surface area contributed by atoms with Crippen LogP contribution in [0.15, 0.2) is 66.9 Å². The smallest absolute Gasteiger partial charge is 0.137 e. The molecule has 1 aliphatic rings. The molecule has 1 saturated heterocycles. The van der Waals surface area contributed by atoms with E-state index in [0.29, 0.717) is 5.56 Å². The average Bonchev–Trinajstić information content (AvgIpc) is 2.87. The van der Waals surface area contributed by atoms with Crippen LogP contribution in [0.4, 0.5) is 5.69 Å². The standard InChI is InChI=1S/C30H29N3O2/c1-19-14-24(33-17-20(2)35-21(3)18-33)12-13-25(19)28-16-32-29-26(6-5-7-27(29)30(28)34-4)23-10-8-22(15-31)9-11-23/h5-14,16,20-21H,17-18H2,1-4H3. The number of hydrogen-bond donors (Lipinski definition) is 0. The molecule has 4 aromatic rings. The summed E-state index contributed by atoms with van der Waals surface area (Å²) in [5.41, 5.74) is 8.03. The van der Waals surface area contributed by atoms with Crippen molar-refractivity contribution in [3.05, 3.63) is 78.0 Å². The molecule has 2 atom stereocenters. The second-order valence-electron chi connectivity index (χ2n) is 9.26. The molecule has 2 unspecified atom stereocenters. The van der Waals surface area contributed by atoms with E-state index in [1.807, 2.05) is 36.5 Å². The molecule has 2 heterocycles. The normalized spacial score (nSPS) is 17.9. The minimum atomic E-state index is 0.216. The average molecular weight is 464 g/mol. The lowest BCUT2D eigenvalue weighted by molar-refractivity contribution is -0.00521. The lowest BCUT2D eigenvalue weighted by Gasteiger charge is -2.37. The number of para-hydroxylation sites is 1. The Morgan fingerprint density at radius 1 is 0.971 bits per heavy atom. The van der Waals surface area contributed by atoms with Gasteiger partial charge in [-0.3, -0.25) is 4.98 Å². The number of nitrogens with zero attached hydrogens (tertiary/aromatic N) is 3. The summed E-state index contributed by atoms with van der Waals surface area (Å²) < 4.78 is 11.9.